The van der Waals surface area contributed by atoms with Crippen molar-refractivity contribution in [2.45, 2.75) is 31.2 Å². The lowest BCUT2D eigenvalue weighted by Gasteiger charge is -2.36. The van der Waals surface area contributed by atoms with Crippen molar-refractivity contribution < 1.29 is 35.9 Å². The summed E-state index contributed by atoms with van der Waals surface area (Å²) in [5.41, 5.74) is -3.11. The molecule has 0 fully saturated rings. The number of hydrogen-bond acceptors (Lipinski definition) is 4. The van der Waals surface area contributed by atoms with Crippen LogP contribution in [0.3, 0.4) is 0 Å². The third-order valence-corrected chi connectivity index (χ3v) is 5.29. The molecule has 1 aliphatic heterocycles. The first-order chi connectivity index (χ1) is 15.5. The number of amides is 1. The second-order valence-electron chi connectivity index (χ2n) is 7.46. The molecule has 6 nitrogen and oxygen atoms in total. The number of fused-ring (bicyclic) bond motifs is 1. The molecule has 0 radical (unpaired) electrons. The fourth-order valence-electron chi connectivity index (χ4n) is 3.72. The first-order valence-electron chi connectivity index (χ1n) is 9.66. The van der Waals surface area contributed by atoms with Crippen LogP contribution in [0.5, 0.6) is 5.88 Å². The number of ether oxygens (including phenoxy) is 1. The topological polar surface area (TPSA) is 74.8 Å². The van der Waals surface area contributed by atoms with E-state index in [-0.39, 0.29) is 29.9 Å². The molecule has 1 aromatic rings. The highest BCUT2D eigenvalue weighted by Gasteiger charge is 2.39. The SMILES string of the molecule is O=C1N=CN(CC2=C(F)C=C(F)CC2F)C2CC=C(Oc3[nH]ccc(=O)c3C(F)(F)F)C=C12. The number of aromatic amines is 1. The maximum absolute atomic E-state index is 14.2. The Morgan fingerprint density at radius 2 is 1.97 bits per heavy atom. The van der Waals surface area contributed by atoms with Crippen LogP contribution in [0.2, 0.25) is 0 Å². The average molecular weight is 471 g/mol. The standard InChI is InChI=1S/C21H15F6N3O3/c22-10-5-14(23)13(15(24)6-10)8-30-9-29-19(32)12-7-11(1-2-16(12)30)33-20-18(21(25,26)27)17(31)3-4-28-20/h1,3-5,7,9,15-16H,2,6,8H2,(H,28,31). The molecule has 2 atom stereocenters. The van der Waals surface area contributed by atoms with E-state index in [1.807, 2.05) is 0 Å². The van der Waals surface area contributed by atoms with Crippen LogP contribution in [0, 0.1) is 0 Å². The summed E-state index contributed by atoms with van der Waals surface area (Å²) in [6.45, 7) is -0.316. The number of nitrogens with zero attached hydrogens (tertiary/aromatic N) is 2. The van der Waals surface area contributed by atoms with Crippen molar-refractivity contribution in [1.82, 2.24) is 9.88 Å². The van der Waals surface area contributed by atoms with Crippen molar-refractivity contribution in [3.63, 3.8) is 0 Å². The van der Waals surface area contributed by atoms with Gasteiger partial charge in [0.1, 0.15) is 23.6 Å². The van der Waals surface area contributed by atoms with Gasteiger partial charge in [-0.2, -0.15) is 18.2 Å². The molecule has 0 aromatic carbocycles. The Labute approximate surface area is 182 Å². The van der Waals surface area contributed by atoms with Crippen molar-refractivity contribution in [2.75, 3.05) is 6.54 Å². The van der Waals surface area contributed by atoms with Crippen LogP contribution < -0.4 is 10.2 Å². The Bertz CT molecular complexity index is 1210. The molecule has 1 amide bonds. The van der Waals surface area contributed by atoms with Gasteiger partial charge in [0.2, 0.25) is 5.88 Å². The summed E-state index contributed by atoms with van der Waals surface area (Å²) >= 11 is 0. The molecular weight excluding hydrogens is 456 g/mol. The zero-order chi connectivity index (χ0) is 23.9. The molecule has 12 heteroatoms. The molecule has 33 heavy (non-hydrogen) atoms. The van der Waals surface area contributed by atoms with Crippen LogP contribution in [0.1, 0.15) is 18.4 Å². The number of aliphatic imine (C=N–C) groups is 1. The van der Waals surface area contributed by atoms with Crippen LogP contribution >= 0.6 is 0 Å². The molecule has 174 valence electrons. The van der Waals surface area contributed by atoms with Crippen LogP contribution in [0.15, 0.2) is 68.8 Å². The van der Waals surface area contributed by atoms with E-state index in [0.717, 1.165) is 18.6 Å². The lowest BCUT2D eigenvalue weighted by molar-refractivity contribution is -0.139. The fourth-order valence-corrected chi connectivity index (χ4v) is 3.72. The van der Waals surface area contributed by atoms with Crippen LogP contribution in [-0.2, 0) is 11.0 Å². The van der Waals surface area contributed by atoms with Crippen LogP contribution in [-0.4, -0.2) is 40.9 Å². The molecule has 4 rings (SSSR count). The third kappa shape index (κ3) is 4.50. The van der Waals surface area contributed by atoms with E-state index < -0.39 is 59.2 Å². The molecule has 0 spiro atoms. The molecule has 2 heterocycles. The largest absolute Gasteiger partial charge is 0.441 e. The van der Waals surface area contributed by atoms with Gasteiger partial charge in [-0.25, -0.2) is 13.2 Å². The van der Waals surface area contributed by atoms with Gasteiger partial charge < -0.3 is 14.6 Å². The molecule has 2 aliphatic carbocycles. The molecule has 1 N–H and O–H groups in total. The molecule has 0 saturated carbocycles. The number of pyridine rings is 1. The van der Waals surface area contributed by atoms with E-state index >= 15 is 0 Å². The number of hydrogen-bond donors (Lipinski definition) is 1. The van der Waals surface area contributed by atoms with Crippen molar-refractivity contribution in [1.29, 1.82) is 0 Å². The second-order valence-corrected chi connectivity index (χ2v) is 7.46. The summed E-state index contributed by atoms with van der Waals surface area (Å²) in [6.07, 6.45) is -2.21. The van der Waals surface area contributed by atoms with E-state index in [1.165, 1.54) is 11.0 Å². The smallest absolute Gasteiger partial charge is 0.425 e. The molecular formula is C21H15F6N3O3. The van der Waals surface area contributed by atoms with E-state index in [4.69, 9.17) is 4.74 Å². The Morgan fingerprint density at radius 1 is 1.21 bits per heavy atom. The quantitative estimate of drug-likeness (QED) is 0.673. The molecule has 0 saturated heterocycles. The monoisotopic (exact) mass is 471 g/mol. The number of alkyl halides is 4. The number of rotatable bonds is 4. The normalized spacial score (nSPS) is 23.2. The number of halogens is 6. The summed E-state index contributed by atoms with van der Waals surface area (Å²) in [6, 6.07) is -0.0166. The van der Waals surface area contributed by atoms with Gasteiger partial charge in [-0.05, 0) is 18.6 Å². The van der Waals surface area contributed by atoms with Crippen molar-refractivity contribution in [3.8, 4) is 5.88 Å². The summed E-state index contributed by atoms with van der Waals surface area (Å²) in [7, 11) is 0. The zero-order valence-electron chi connectivity index (χ0n) is 16.6. The van der Waals surface area contributed by atoms with Crippen LogP contribution in [0.25, 0.3) is 0 Å². The first-order valence-corrected chi connectivity index (χ1v) is 9.66. The van der Waals surface area contributed by atoms with Gasteiger partial charge in [0.05, 0.1) is 12.4 Å². The summed E-state index contributed by atoms with van der Waals surface area (Å²) in [4.78, 5) is 31.2. The number of nitrogens with one attached hydrogen (secondary N) is 1. The molecule has 3 aliphatic rings. The second kappa shape index (κ2) is 8.41. The highest BCUT2D eigenvalue weighted by Crippen LogP contribution is 2.35. The van der Waals surface area contributed by atoms with Crippen LogP contribution in [0.4, 0.5) is 26.3 Å². The highest BCUT2D eigenvalue weighted by molar-refractivity contribution is 6.02. The lowest BCUT2D eigenvalue weighted by Crippen LogP contribution is -2.44. The molecule has 0 bridgehead atoms. The third-order valence-electron chi connectivity index (χ3n) is 5.29. The Kier molecular flexibility index (Phi) is 5.76. The van der Waals surface area contributed by atoms with E-state index in [1.54, 1.807) is 0 Å². The van der Waals surface area contributed by atoms with Gasteiger partial charge in [0.15, 0.2) is 11.0 Å². The van der Waals surface area contributed by atoms with Crippen molar-refractivity contribution in [2.24, 2.45) is 4.99 Å². The Hall–Kier alpha value is -3.57. The number of carbonyl (C=O) groups is 1. The average Bonchev–Trinajstić information content (AvgIpc) is 2.71. The van der Waals surface area contributed by atoms with Crippen molar-refractivity contribution >= 4 is 12.2 Å². The maximum Gasteiger partial charge on any atom is 0.425 e. The minimum absolute atomic E-state index is 0.0239. The minimum Gasteiger partial charge on any atom is -0.441 e. The van der Waals surface area contributed by atoms with Gasteiger partial charge in [-0.3, -0.25) is 9.59 Å². The zero-order valence-corrected chi connectivity index (χ0v) is 16.6. The van der Waals surface area contributed by atoms with Gasteiger partial charge in [0.25, 0.3) is 5.91 Å². The number of aromatic nitrogens is 1. The van der Waals surface area contributed by atoms with Gasteiger partial charge in [0, 0.05) is 42.5 Å². The number of carbonyl (C=O) groups excluding carboxylic acids is 1. The number of allylic oxidation sites excluding steroid dienone is 4. The van der Waals surface area contributed by atoms with E-state index in [0.29, 0.717) is 12.1 Å². The van der Waals surface area contributed by atoms with Gasteiger partial charge in [-0.15, -0.1) is 0 Å². The highest BCUT2D eigenvalue weighted by atomic mass is 19.4. The summed E-state index contributed by atoms with van der Waals surface area (Å²) in [5.74, 6) is -3.67. The number of H-pyrrole nitrogens is 1. The van der Waals surface area contributed by atoms with E-state index in [9.17, 15) is 35.9 Å². The Balaban J connectivity index is 1.59. The minimum atomic E-state index is -4.98. The predicted molar refractivity (Wildman–Crippen MR) is 104 cm³/mol. The molecule has 1 aromatic heterocycles. The Morgan fingerprint density at radius 3 is 2.67 bits per heavy atom. The van der Waals surface area contributed by atoms with Crippen molar-refractivity contribution in [3.05, 3.63) is 74.8 Å². The van der Waals surface area contributed by atoms with Gasteiger partial charge >= 0.3 is 6.18 Å². The maximum atomic E-state index is 14.2. The first kappa shape index (κ1) is 22.6. The summed E-state index contributed by atoms with van der Waals surface area (Å²) < 4.78 is 86.5. The summed E-state index contributed by atoms with van der Waals surface area (Å²) in [5, 5.41) is 0. The fraction of sp³-hybridized carbons (Fsp3) is 0.286. The predicted octanol–water partition coefficient (Wildman–Crippen LogP) is 4.04. The molecule has 2 unspecified atom stereocenters. The lowest BCUT2D eigenvalue weighted by atomic mass is 9.93. The van der Waals surface area contributed by atoms with Gasteiger partial charge in [-0.1, -0.05) is 0 Å². The van der Waals surface area contributed by atoms with E-state index in [2.05, 4.69) is 9.98 Å².